The van der Waals surface area contributed by atoms with E-state index in [1.165, 1.54) is 18.2 Å². The molecule has 0 aliphatic rings. The van der Waals surface area contributed by atoms with E-state index in [-0.39, 0.29) is 11.6 Å². The molecule has 1 unspecified atom stereocenters. The summed E-state index contributed by atoms with van der Waals surface area (Å²) >= 11 is 6.01. The van der Waals surface area contributed by atoms with Crippen LogP contribution < -0.4 is 5.73 Å². The zero-order valence-corrected chi connectivity index (χ0v) is 11.9. The third kappa shape index (κ3) is 3.78. The van der Waals surface area contributed by atoms with Crippen LogP contribution in [0.4, 0.5) is 8.78 Å². The Kier molecular flexibility index (Phi) is 4.41. The maximum atomic E-state index is 13.8. The second-order valence-corrected chi connectivity index (χ2v) is 5.74. The first-order chi connectivity index (χ1) is 9.37. The fourth-order valence-corrected chi connectivity index (χ4v) is 2.47. The monoisotopic (exact) mass is 295 g/mol. The average Bonchev–Trinajstić information content (AvgIpc) is 2.37. The van der Waals surface area contributed by atoms with Gasteiger partial charge < -0.3 is 5.73 Å². The van der Waals surface area contributed by atoms with Crippen LogP contribution >= 0.6 is 11.6 Å². The quantitative estimate of drug-likeness (QED) is 0.902. The van der Waals surface area contributed by atoms with E-state index < -0.39 is 5.54 Å². The number of rotatable bonds is 4. The van der Waals surface area contributed by atoms with Crippen molar-refractivity contribution in [1.82, 2.24) is 0 Å². The van der Waals surface area contributed by atoms with E-state index in [0.29, 0.717) is 23.4 Å². The first-order valence-corrected chi connectivity index (χ1v) is 6.71. The highest BCUT2D eigenvalue weighted by Gasteiger charge is 2.23. The first-order valence-electron chi connectivity index (χ1n) is 6.34. The molecule has 0 aromatic heterocycles. The molecule has 2 rings (SSSR count). The second-order valence-electron chi connectivity index (χ2n) is 5.33. The van der Waals surface area contributed by atoms with E-state index in [0.717, 1.165) is 5.56 Å². The van der Waals surface area contributed by atoms with Crippen LogP contribution in [0.2, 0.25) is 5.02 Å². The molecular weight excluding hydrogens is 280 g/mol. The topological polar surface area (TPSA) is 26.0 Å². The Balaban J connectivity index is 2.16. The van der Waals surface area contributed by atoms with Gasteiger partial charge in [0.25, 0.3) is 0 Å². The Hall–Kier alpha value is -1.45. The van der Waals surface area contributed by atoms with Gasteiger partial charge in [-0.15, -0.1) is 0 Å². The van der Waals surface area contributed by atoms with Crippen molar-refractivity contribution in [2.24, 2.45) is 5.73 Å². The number of nitrogens with two attached hydrogens (primary N) is 1. The van der Waals surface area contributed by atoms with Crippen molar-refractivity contribution >= 4 is 11.6 Å². The molecule has 0 saturated heterocycles. The van der Waals surface area contributed by atoms with Crippen molar-refractivity contribution in [2.45, 2.75) is 25.3 Å². The van der Waals surface area contributed by atoms with Gasteiger partial charge in [-0.3, -0.25) is 0 Å². The van der Waals surface area contributed by atoms with E-state index >= 15 is 0 Å². The van der Waals surface area contributed by atoms with Crippen molar-refractivity contribution in [2.75, 3.05) is 0 Å². The fourth-order valence-electron chi connectivity index (χ4n) is 2.24. The summed E-state index contributed by atoms with van der Waals surface area (Å²) in [6, 6.07) is 10.7. The Morgan fingerprint density at radius 1 is 1.05 bits per heavy atom. The summed E-state index contributed by atoms with van der Waals surface area (Å²) in [6.07, 6.45) is 0.827. The summed E-state index contributed by atoms with van der Waals surface area (Å²) in [5.74, 6) is -0.641. The Morgan fingerprint density at radius 2 is 1.70 bits per heavy atom. The van der Waals surface area contributed by atoms with Gasteiger partial charge >= 0.3 is 0 Å². The van der Waals surface area contributed by atoms with Crippen molar-refractivity contribution < 1.29 is 8.78 Å². The molecule has 0 heterocycles. The summed E-state index contributed by atoms with van der Waals surface area (Å²) in [4.78, 5) is 0. The van der Waals surface area contributed by atoms with Gasteiger partial charge in [0.15, 0.2) is 0 Å². The van der Waals surface area contributed by atoms with Crippen LogP contribution in [-0.2, 0) is 12.8 Å². The molecule has 2 aromatic rings. The summed E-state index contributed by atoms with van der Waals surface area (Å²) in [7, 11) is 0. The lowest BCUT2D eigenvalue weighted by atomic mass is 9.87. The lowest BCUT2D eigenvalue weighted by Crippen LogP contribution is -2.41. The maximum Gasteiger partial charge on any atom is 0.127 e. The average molecular weight is 296 g/mol. The highest BCUT2D eigenvalue weighted by atomic mass is 35.5. The smallest absolute Gasteiger partial charge is 0.127 e. The molecule has 1 nitrogen and oxygen atoms in total. The molecule has 0 amide bonds. The van der Waals surface area contributed by atoms with E-state index in [2.05, 4.69) is 0 Å². The van der Waals surface area contributed by atoms with Crippen molar-refractivity contribution in [3.8, 4) is 0 Å². The van der Waals surface area contributed by atoms with Gasteiger partial charge in [0.05, 0.1) is 0 Å². The van der Waals surface area contributed by atoms with E-state index in [1.54, 1.807) is 24.3 Å². The molecule has 0 aliphatic heterocycles. The molecular formula is C16H16ClF2N. The molecule has 1 atom stereocenters. The van der Waals surface area contributed by atoms with Crippen LogP contribution in [0, 0.1) is 11.6 Å². The minimum Gasteiger partial charge on any atom is -0.325 e. The molecule has 0 fully saturated rings. The van der Waals surface area contributed by atoms with Gasteiger partial charge in [-0.2, -0.15) is 0 Å². The van der Waals surface area contributed by atoms with E-state index in [1.807, 2.05) is 6.92 Å². The summed E-state index contributed by atoms with van der Waals surface area (Å²) in [5.41, 5.74) is 6.90. The Morgan fingerprint density at radius 3 is 2.30 bits per heavy atom. The molecule has 0 radical (unpaired) electrons. The van der Waals surface area contributed by atoms with Crippen LogP contribution in [0.15, 0.2) is 42.5 Å². The summed E-state index contributed by atoms with van der Waals surface area (Å²) < 4.78 is 26.7. The minimum atomic E-state index is -0.663. The summed E-state index contributed by atoms with van der Waals surface area (Å²) in [6.45, 7) is 1.83. The zero-order chi connectivity index (χ0) is 14.8. The van der Waals surface area contributed by atoms with Gasteiger partial charge in [0, 0.05) is 16.1 Å². The molecule has 0 saturated carbocycles. The standard InChI is InChI=1S/C16H16ClF2N/c1-16(20,9-11-5-7-12(18)8-6-11)10-13-14(17)3-2-4-15(13)19/h2-8H,9-10,20H2,1H3. The fraction of sp³-hybridized carbons (Fsp3) is 0.250. The molecule has 0 bridgehead atoms. The van der Waals surface area contributed by atoms with Crippen LogP contribution in [0.3, 0.4) is 0 Å². The lowest BCUT2D eigenvalue weighted by molar-refractivity contribution is 0.451. The second kappa shape index (κ2) is 5.90. The Labute approximate surface area is 122 Å². The molecule has 2 N–H and O–H groups in total. The third-order valence-electron chi connectivity index (χ3n) is 3.16. The zero-order valence-electron chi connectivity index (χ0n) is 11.2. The molecule has 4 heteroatoms. The number of benzene rings is 2. The van der Waals surface area contributed by atoms with Crippen LogP contribution in [0.25, 0.3) is 0 Å². The van der Waals surface area contributed by atoms with Crippen molar-refractivity contribution in [3.05, 3.63) is 70.2 Å². The molecule has 0 aliphatic carbocycles. The molecule has 2 aromatic carbocycles. The van der Waals surface area contributed by atoms with Gasteiger partial charge in [-0.05, 0) is 49.6 Å². The molecule has 106 valence electrons. The van der Waals surface area contributed by atoms with Crippen LogP contribution in [-0.4, -0.2) is 5.54 Å². The van der Waals surface area contributed by atoms with Gasteiger partial charge in [-0.1, -0.05) is 29.8 Å². The number of hydrogen-bond acceptors (Lipinski definition) is 1. The minimum absolute atomic E-state index is 0.287. The largest absolute Gasteiger partial charge is 0.325 e. The predicted molar refractivity (Wildman–Crippen MR) is 77.8 cm³/mol. The molecule has 20 heavy (non-hydrogen) atoms. The van der Waals surface area contributed by atoms with E-state index in [9.17, 15) is 8.78 Å². The third-order valence-corrected chi connectivity index (χ3v) is 3.52. The normalized spacial score (nSPS) is 14.1. The SMILES string of the molecule is CC(N)(Cc1ccc(F)cc1)Cc1c(F)cccc1Cl. The van der Waals surface area contributed by atoms with E-state index in [4.69, 9.17) is 17.3 Å². The van der Waals surface area contributed by atoms with Gasteiger partial charge in [-0.25, -0.2) is 8.78 Å². The maximum absolute atomic E-state index is 13.8. The van der Waals surface area contributed by atoms with Crippen LogP contribution in [0.5, 0.6) is 0 Å². The van der Waals surface area contributed by atoms with Crippen molar-refractivity contribution in [1.29, 1.82) is 0 Å². The highest BCUT2D eigenvalue weighted by Crippen LogP contribution is 2.25. The van der Waals surface area contributed by atoms with Gasteiger partial charge in [0.1, 0.15) is 11.6 Å². The predicted octanol–water partition coefficient (Wildman–Crippen LogP) is 4.12. The number of halogens is 3. The van der Waals surface area contributed by atoms with Crippen molar-refractivity contribution in [3.63, 3.8) is 0 Å². The Bertz CT molecular complexity index is 574. The highest BCUT2D eigenvalue weighted by molar-refractivity contribution is 6.31. The molecule has 0 spiro atoms. The van der Waals surface area contributed by atoms with Crippen LogP contribution in [0.1, 0.15) is 18.1 Å². The number of hydrogen-bond donors (Lipinski definition) is 1. The first kappa shape index (κ1) is 14.9. The lowest BCUT2D eigenvalue weighted by Gasteiger charge is -2.25. The summed E-state index contributed by atoms with van der Waals surface area (Å²) in [5, 5.41) is 0.376. The van der Waals surface area contributed by atoms with Gasteiger partial charge in [0.2, 0.25) is 0 Å².